The lowest BCUT2D eigenvalue weighted by Crippen LogP contribution is -2.37. The van der Waals surface area contributed by atoms with Gasteiger partial charge < -0.3 is 5.11 Å². The summed E-state index contributed by atoms with van der Waals surface area (Å²) in [5.41, 5.74) is 2.52. The Labute approximate surface area is 139 Å². The number of carbonyl (C=O) groups is 1. The minimum atomic E-state index is -0.493. The SMILES string of the molecule is O=C(CN1CCCC1CC(O)c1ccccc1)Nc1nncs1. The van der Waals surface area contributed by atoms with E-state index in [1.165, 1.54) is 11.3 Å². The van der Waals surface area contributed by atoms with Crippen LogP contribution in [0.4, 0.5) is 5.13 Å². The van der Waals surface area contributed by atoms with Gasteiger partial charge in [0.25, 0.3) is 0 Å². The third-order valence-corrected chi connectivity index (χ3v) is 4.74. The van der Waals surface area contributed by atoms with Crippen molar-refractivity contribution in [2.24, 2.45) is 0 Å². The first-order valence-electron chi connectivity index (χ1n) is 7.75. The molecule has 0 bridgehead atoms. The van der Waals surface area contributed by atoms with Crippen molar-refractivity contribution in [3.05, 3.63) is 41.4 Å². The monoisotopic (exact) mass is 332 g/mol. The quantitative estimate of drug-likeness (QED) is 0.846. The van der Waals surface area contributed by atoms with Gasteiger partial charge in [-0.05, 0) is 31.4 Å². The second-order valence-corrected chi connectivity index (χ2v) is 6.55. The lowest BCUT2D eigenvalue weighted by Gasteiger charge is -2.25. The van der Waals surface area contributed by atoms with Gasteiger partial charge in [-0.3, -0.25) is 15.0 Å². The summed E-state index contributed by atoms with van der Waals surface area (Å²) in [4.78, 5) is 14.2. The zero-order valence-corrected chi connectivity index (χ0v) is 13.6. The topological polar surface area (TPSA) is 78.4 Å². The Morgan fingerprint density at radius 3 is 3.00 bits per heavy atom. The zero-order valence-electron chi connectivity index (χ0n) is 12.8. The maximum atomic E-state index is 12.1. The number of aliphatic hydroxyl groups excluding tert-OH is 1. The number of hydrogen-bond acceptors (Lipinski definition) is 6. The Hall–Kier alpha value is -1.83. The standard InChI is InChI=1S/C16H20N4O2S/c21-14(12-5-2-1-3-6-12)9-13-7-4-8-20(13)10-15(22)18-16-19-17-11-23-16/h1-3,5-6,11,13-14,21H,4,7-10H2,(H,18,19,22). The average Bonchev–Trinajstić information content (AvgIpc) is 3.21. The summed E-state index contributed by atoms with van der Waals surface area (Å²) in [5, 5.41) is 21.2. The number of benzene rings is 1. The number of rotatable bonds is 6. The van der Waals surface area contributed by atoms with E-state index in [4.69, 9.17) is 0 Å². The lowest BCUT2D eigenvalue weighted by molar-refractivity contribution is -0.117. The molecule has 1 aliphatic heterocycles. The van der Waals surface area contributed by atoms with Crippen molar-refractivity contribution in [3.8, 4) is 0 Å². The summed E-state index contributed by atoms with van der Waals surface area (Å²) in [6.07, 6.45) is 2.22. The van der Waals surface area contributed by atoms with Crippen LogP contribution in [0.15, 0.2) is 35.8 Å². The van der Waals surface area contributed by atoms with Gasteiger partial charge in [0.05, 0.1) is 12.6 Å². The molecular weight excluding hydrogens is 312 g/mol. The normalized spacial score (nSPS) is 19.6. The maximum absolute atomic E-state index is 12.1. The summed E-state index contributed by atoms with van der Waals surface area (Å²) >= 11 is 1.31. The maximum Gasteiger partial charge on any atom is 0.240 e. The molecule has 1 saturated heterocycles. The summed E-state index contributed by atoms with van der Waals surface area (Å²) in [6, 6.07) is 9.90. The van der Waals surface area contributed by atoms with Crippen LogP contribution in [0.25, 0.3) is 0 Å². The molecule has 2 N–H and O–H groups in total. The molecule has 1 aromatic heterocycles. The molecule has 0 saturated carbocycles. The smallest absolute Gasteiger partial charge is 0.240 e. The van der Waals surface area contributed by atoms with Crippen LogP contribution in [-0.4, -0.2) is 45.2 Å². The molecule has 2 heterocycles. The summed E-state index contributed by atoms with van der Waals surface area (Å²) in [7, 11) is 0. The highest BCUT2D eigenvalue weighted by atomic mass is 32.1. The second kappa shape index (κ2) is 7.63. The van der Waals surface area contributed by atoms with E-state index in [-0.39, 0.29) is 11.9 Å². The van der Waals surface area contributed by atoms with Crippen molar-refractivity contribution in [3.63, 3.8) is 0 Å². The number of carbonyl (C=O) groups excluding carboxylic acids is 1. The minimum Gasteiger partial charge on any atom is -0.388 e. The molecule has 3 rings (SSSR count). The van der Waals surface area contributed by atoms with E-state index in [1.54, 1.807) is 5.51 Å². The van der Waals surface area contributed by atoms with Crippen molar-refractivity contribution < 1.29 is 9.90 Å². The van der Waals surface area contributed by atoms with Crippen molar-refractivity contribution in [2.45, 2.75) is 31.4 Å². The van der Waals surface area contributed by atoms with Gasteiger partial charge in [-0.1, -0.05) is 41.7 Å². The van der Waals surface area contributed by atoms with Gasteiger partial charge in [-0.2, -0.15) is 0 Å². The molecule has 1 amide bonds. The number of hydrogen-bond donors (Lipinski definition) is 2. The Bertz CT molecular complexity index is 620. The molecule has 2 aromatic rings. The minimum absolute atomic E-state index is 0.0807. The van der Waals surface area contributed by atoms with E-state index in [1.807, 2.05) is 30.3 Å². The molecule has 0 aliphatic carbocycles. The van der Waals surface area contributed by atoms with Crippen molar-refractivity contribution >= 4 is 22.4 Å². The molecular formula is C16H20N4O2S. The first kappa shape index (κ1) is 16.0. The second-order valence-electron chi connectivity index (χ2n) is 5.72. The Morgan fingerprint density at radius 1 is 1.43 bits per heavy atom. The van der Waals surface area contributed by atoms with Crippen LogP contribution in [0, 0.1) is 0 Å². The van der Waals surface area contributed by atoms with Gasteiger partial charge in [-0.15, -0.1) is 10.2 Å². The first-order chi connectivity index (χ1) is 11.2. The molecule has 0 spiro atoms. The number of amides is 1. The predicted molar refractivity (Wildman–Crippen MR) is 89.2 cm³/mol. The predicted octanol–water partition coefficient (Wildman–Crippen LogP) is 2.06. The van der Waals surface area contributed by atoms with Gasteiger partial charge >= 0.3 is 0 Å². The van der Waals surface area contributed by atoms with E-state index in [0.717, 1.165) is 24.9 Å². The fraction of sp³-hybridized carbons (Fsp3) is 0.438. The van der Waals surface area contributed by atoms with Crippen LogP contribution in [0.2, 0.25) is 0 Å². The highest BCUT2D eigenvalue weighted by Crippen LogP contribution is 2.27. The number of aliphatic hydroxyl groups is 1. The highest BCUT2D eigenvalue weighted by Gasteiger charge is 2.28. The Kier molecular flexibility index (Phi) is 5.32. The average molecular weight is 332 g/mol. The van der Waals surface area contributed by atoms with Gasteiger partial charge in [0.2, 0.25) is 11.0 Å². The number of aromatic nitrogens is 2. The van der Waals surface area contributed by atoms with Crippen LogP contribution in [0.1, 0.15) is 30.9 Å². The molecule has 122 valence electrons. The Morgan fingerprint density at radius 2 is 2.26 bits per heavy atom. The van der Waals surface area contributed by atoms with E-state index in [2.05, 4.69) is 20.4 Å². The Balaban J connectivity index is 1.54. The molecule has 1 aromatic carbocycles. The van der Waals surface area contributed by atoms with Crippen molar-refractivity contribution in [1.29, 1.82) is 0 Å². The molecule has 1 fully saturated rings. The van der Waals surface area contributed by atoms with Crippen LogP contribution in [-0.2, 0) is 4.79 Å². The third kappa shape index (κ3) is 4.34. The van der Waals surface area contributed by atoms with Crippen LogP contribution in [0.3, 0.4) is 0 Å². The number of nitrogens with zero attached hydrogens (tertiary/aromatic N) is 3. The summed E-state index contributed by atoms with van der Waals surface area (Å²) in [5.74, 6) is -0.0807. The van der Waals surface area contributed by atoms with Gasteiger partial charge in [0.1, 0.15) is 5.51 Å². The molecule has 2 unspecified atom stereocenters. The van der Waals surface area contributed by atoms with Crippen molar-refractivity contribution in [2.75, 3.05) is 18.4 Å². The molecule has 7 heteroatoms. The molecule has 6 nitrogen and oxygen atoms in total. The third-order valence-electron chi connectivity index (χ3n) is 4.13. The lowest BCUT2D eigenvalue weighted by atomic mass is 10.0. The van der Waals surface area contributed by atoms with Crippen molar-refractivity contribution in [1.82, 2.24) is 15.1 Å². The molecule has 0 radical (unpaired) electrons. The van der Waals surface area contributed by atoms with Crippen LogP contribution >= 0.6 is 11.3 Å². The van der Waals surface area contributed by atoms with E-state index < -0.39 is 6.10 Å². The fourth-order valence-electron chi connectivity index (χ4n) is 3.01. The largest absolute Gasteiger partial charge is 0.388 e. The van der Waals surface area contributed by atoms with E-state index in [0.29, 0.717) is 18.1 Å². The number of likely N-dealkylation sites (tertiary alicyclic amines) is 1. The van der Waals surface area contributed by atoms with Gasteiger partial charge in [-0.25, -0.2) is 0 Å². The van der Waals surface area contributed by atoms with E-state index in [9.17, 15) is 9.90 Å². The van der Waals surface area contributed by atoms with Gasteiger partial charge in [0, 0.05) is 6.04 Å². The van der Waals surface area contributed by atoms with E-state index >= 15 is 0 Å². The fourth-order valence-corrected chi connectivity index (χ4v) is 3.47. The highest BCUT2D eigenvalue weighted by molar-refractivity contribution is 7.13. The van der Waals surface area contributed by atoms with Gasteiger partial charge in [0.15, 0.2) is 0 Å². The molecule has 23 heavy (non-hydrogen) atoms. The summed E-state index contributed by atoms with van der Waals surface area (Å²) in [6.45, 7) is 1.21. The number of anilines is 1. The van der Waals surface area contributed by atoms with Crippen LogP contribution in [0.5, 0.6) is 0 Å². The number of nitrogens with one attached hydrogen (secondary N) is 1. The summed E-state index contributed by atoms with van der Waals surface area (Å²) < 4.78 is 0. The first-order valence-corrected chi connectivity index (χ1v) is 8.63. The molecule has 1 aliphatic rings. The van der Waals surface area contributed by atoms with Crippen LogP contribution < -0.4 is 5.32 Å². The zero-order chi connectivity index (χ0) is 16.1. The molecule has 2 atom stereocenters.